The van der Waals surface area contributed by atoms with Crippen molar-refractivity contribution < 1.29 is 5.11 Å². The molecule has 0 amide bonds. The molecule has 0 radical (unpaired) electrons. The third-order valence-corrected chi connectivity index (χ3v) is 8.65. The fraction of sp³-hybridized carbons (Fsp3) is 0.654. The van der Waals surface area contributed by atoms with E-state index in [1.807, 2.05) is 26.5 Å². The summed E-state index contributed by atoms with van der Waals surface area (Å²) in [6, 6.07) is 4.27. The molecule has 3 heteroatoms. The molecule has 0 saturated heterocycles. The average molecular weight is 395 g/mol. The Morgan fingerprint density at radius 2 is 1.86 bits per heavy atom. The Balaban J connectivity index is 0.000000645. The third kappa shape index (κ3) is 3.41. The monoisotopic (exact) mass is 394 g/mol. The molecule has 0 aromatic carbocycles. The maximum Gasteiger partial charge on any atom is 0.0543 e. The third-order valence-electron chi connectivity index (χ3n) is 8.65. The van der Waals surface area contributed by atoms with Crippen LogP contribution < -0.4 is 5.32 Å². The van der Waals surface area contributed by atoms with Crippen molar-refractivity contribution in [1.29, 1.82) is 0 Å². The average Bonchev–Trinajstić information content (AvgIpc) is 3.07. The summed E-state index contributed by atoms with van der Waals surface area (Å²) in [5.41, 5.74) is 5.09. The summed E-state index contributed by atoms with van der Waals surface area (Å²) in [7, 11) is 3.75. The summed E-state index contributed by atoms with van der Waals surface area (Å²) in [5, 5.41) is 12.9. The van der Waals surface area contributed by atoms with Crippen molar-refractivity contribution in [2.75, 3.05) is 14.1 Å². The minimum absolute atomic E-state index is 0.0528. The van der Waals surface area contributed by atoms with Gasteiger partial charge in [0.2, 0.25) is 0 Å². The zero-order chi connectivity index (χ0) is 20.6. The highest BCUT2D eigenvalue weighted by atomic mass is 16.3. The Labute approximate surface area is 176 Å². The van der Waals surface area contributed by atoms with Crippen LogP contribution in [-0.2, 0) is 0 Å². The first-order valence-corrected chi connectivity index (χ1v) is 11.5. The van der Waals surface area contributed by atoms with E-state index in [1.165, 1.54) is 43.2 Å². The smallest absolute Gasteiger partial charge is 0.0543 e. The summed E-state index contributed by atoms with van der Waals surface area (Å²) < 4.78 is 0. The van der Waals surface area contributed by atoms with Gasteiger partial charge in [-0.15, -0.1) is 0 Å². The van der Waals surface area contributed by atoms with Gasteiger partial charge in [-0.2, -0.15) is 0 Å². The summed E-state index contributed by atoms with van der Waals surface area (Å²) >= 11 is 0. The molecule has 3 fully saturated rings. The molecule has 0 bridgehead atoms. The van der Waals surface area contributed by atoms with E-state index in [0.717, 1.165) is 30.6 Å². The number of aliphatic hydroxyl groups excluding tert-OH is 1. The molecule has 4 aliphatic carbocycles. The quantitative estimate of drug-likeness (QED) is 0.685. The van der Waals surface area contributed by atoms with Gasteiger partial charge in [0, 0.05) is 17.8 Å². The van der Waals surface area contributed by atoms with Crippen LogP contribution in [0.2, 0.25) is 0 Å². The van der Waals surface area contributed by atoms with Crippen LogP contribution in [-0.4, -0.2) is 30.3 Å². The Morgan fingerprint density at radius 1 is 1.07 bits per heavy atom. The van der Waals surface area contributed by atoms with Gasteiger partial charge >= 0.3 is 0 Å². The van der Waals surface area contributed by atoms with Gasteiger partial charge in [-0.25, -0.2) is 0 Å². The molecule has 158 valence electrons. The van der Waals surface area contributed by atoms with Gasteiger partial charge in [0.1, 0.15) is 0 Å². The van der Waals surface area contributed by atoms with Crippen LogP contribution >= 0.6 is 0 Å². The fourth-order valence-corrected chi connectivity index (χ4v) is 7.17. The lowest BCUT2D eigenvalue weighted by molar-refractivity contribution is -0.0784. The van der Waals surface area contributed by atoms with Crippen molar-refractivity contribution in [3.63, 3.8) is 0 Å². The second-order valence-electron chi connectivity index (χ2n) is 10.2. The zero-order valence-corrected chi connectivity index (χ0v) is 18.6. The molecular formula is C26H38N2O. The van der Waals surface area contributed by atoms with Gasteiger partial charge in [-0.3, -0.25) is 4.98 Å². The molecule has 1 heterocycles. The number of hydrogen-bond donors (Lipinski definition) is 2. The molecule has 0 spiro atoms. The van der Waals surface area contributed by atoms with Gasteiger partial charge in [0.15, 0.2) is 0 Å². The molecule has 6 atom stereocenters. The van der Waals surface area contributed by atoms with Crippen LogP contribution in [0.5, 0.6) is 0 Å². The van der Waals surface area contributed by atoms with Crippen LogP contribution in [0.15, 0.2) is 42.3 Å². The van der Waals surface area contributed by atoms with Crippen LogP contribution in [0.3, 0.4) is 0 Å². The largest absolute Gasteiger partial charge is 0.393 e. The molecule has 5 rings (SSSR count). The van der Waals surface area contributed by atoms with Gasteiger partial charge in [0.25, 0.3) is 0 Å². The Hall–Kier alpha value is -1.45. The Kier molecular flexibility index (Phi) is 5.74. The highest BCUT2D eigenvalue weighted by Crippen LogP contribution is 2.66. The topological polar surface area (TPSA) is 45.2 Å². The van der Waals surface area contributed by atoms with E-state index in [4.69, 9.17) is 0 Å². The normalized spacial score (nSPS) is 40.4. The van der Waals surface area contributed by atoms with E-state index < -0.39 is 0 Å². The summed E-state index contributed by atoms with van der Waals surface area (Å²) in [4.78, 5) is 4.36. The number of nitrogens with zero attached hydrogens (tertiary/aromatic N) is 1. The maximum absolute atomic E-state index is 10.2. The summed E-state index contributed by atoms with van der Waals surface area (Å²) in [6.45, 7) is 5.02. The van der Waals surface area contributed by atoms with E-state index in [-0.39, 0.29) is 11.5 Å². The fourth-order valence-electron chi connectivity index (χ4n) is 7.17. The molecule has 29 heavy (non-hydrogen) atoms. The minimum Gasteiger partial charge on any atom is -0.393 e. The van der Waals surface area contributed by atoms with Crippen LogP contribution in [0.1, 0.15) is 64.4 Å². The molecule has 6 unspecified atom stereocenters. The van der Waals surface area contributed by atoms with Crippen molar-refractivity contribution in [3.8, 4) is 0 Å². The first kappa shape index (κ1) is 20.8. The van der Waals surface area contributed by atoms with E-state index in [0.29, 0.717) is 5.41 Å². The second kappa shape index (κ2) is 8.00. The Bertz CT molecular complexity index is 785. The minimum atomic E-state index is -0.0528. The van der Waals surface area contributed by atoms with E-state index in [9.17, 15) is 5.11 Å². The van der Waals surface area contributed by atoms with Gasteiger partial charge in [-0.1, -0.05) is 37.6 Å². The lowest BCUT2D eigenvalue weighted by atomic mass is 9.46. The Morgan fingerprint density at radius 3 is 2.59 bits per heavy atom. The molecule has 4 aliphatic rings. The molecule has 1 aromatic rings. The molecule has 3 saturated carbocycles. The number of hydrogen-bond acceptors (Lipinski definition) is 3. The van der Waals surface area contributed by atoms with Crippen molar-refractivity contribution >= 4 is 5.57 Å². The highest BCUT2D eigenvalue weighted by Gasteiger charge is 2.56. The molecule has 0 aliphatic heterocycles. The number of allylic oxidation sites excluding steroid dienone is 4. The lowest BCUT2D eigenvalue weighted by Crippen LogP contribution is -2.51. The molecule has 3 nitrogen and oxygen atoms in total. The van der Waals surface area contributed by atoms with Crippen molar-refractivity contribution in [1.82, 2.24) is 10.3 Å². The maximum atomic E-state index is 10.2. The van der Waals surface area contributed by atoms with Crippen LogP contribution in [0, 0.1) is 28.6 Å². The second-order valence-corrected chi connectivity index (χ2v) is 10.2. The van der Waals surface area contributed by atoms with Crippen LogP contribution in [0.4, 0.5) is 0 Å². The van der Waals surface area contributed by atoms with Gasteiger partial charge in [-0.05, 0) is 99.4 Å². The van der Waals surface area contributed by atoms with E-state index in [1.54, 1.807) is 5.57 Å². The van der Waals surface area contributed by atoms with Crippen molar-refractivity contribution in [2.24, 2.45) is 28.6 Å². The van der Waals surface area contributed by atoms with Crippen molar-refractivity contribution in [2.45, 2.75) is 64.9 Å². The van der Waals surface area contributed by atoms with E-state index in [2.05, 4.69) is 48.4 Å². The number of fused-ring (bicyclic) bond motifs is 5. The summed E-state index contributed by atoms with van der Waals surface area (Å²) in [6.07, 6.45) is 17.1. The predicted octanol–water partition coefficient (Wildman–Crippen LogP) is 5.23. The summed E-state index contributed by atoms with van der Waals surface area (Å²) in [5.74, 6) is 2.26. The molecule has 1 aromatic heterocycles. The first-order chi connectivity index (χ1) is 13.9. The number of nitrogens with one attached hydrogen (secondary N) is 1. The number of rotatable bonds is 1. The molecule has 2 N–H and O–H groups in total. The van der Waals surface area contributed by atoms with Gasteiger partial charge in [0.05, 0.1) is 6.10 Å². The predicted molar refractivity (Wildman–Crippen MR) is 120 cm³/mol. The number of aromatic nitrogens is 1. The van der Waals surface area contributed by atoms with Gasteiger partial charge < -0.3 is 10.4 Å². The highest BCUT2D eigenvalue weighted by molar-refractivity contribution is 5.78. The SMILES string of the molecule is CC12CCC3C(CCC4CC(O)CCC43C)C1=CC=C2c1cccnc1.CNC. The number of aliphatic hydroxyl groups is 1. The first-order valence-electron chi connectivity index (χ1n) is 11.5. The zero-order valence-electron chi connectivity index (χ0n) is 18.6. The lowest BCUT2D eigenvalue weighted by Gasteiger charge is -2.59. The number of pyridine rings is 1. The standard InChI is InChI=1S/C24H31NO.C2H7N/c1-23-11-9-18(26)14-17(23)5-6-19-21-8-7-20(16-4-3-13-25-15-16)24(21,2)12-10-22(19)23;1-3-2/h3-4,7-8,13,15,17-19,22,26H,5-6,9-12,14H2,1-2H3;3H,1-2H3. The molecular weight excluding hydrogens is 356 g/mol. The van der Waals surface area contributed by atoms with Crippen LogP contribution in [0.25, 0.3) is 5.57 Å². The van der Waals surface area contributed by atoms with E-state index >= 15 is 0 Å². The van der Waals surface area contributed by atoms with Crippen molar-refractivity contribution in [3.05, 3.63) is 47.8 Å².